The van der Waals surface area contributed by atoms with Gasteiger partial charge in [-0.25, -0.2) is 6.57 Å². The fourth-order valence-electron chi connectivity index (χ4n) is 2.45. The standard InChI is InChI=1S/C15H17NO3/c1-14-9-17-15(18-10-14,19-11-14)13(16-2)8-12-6-4-3-5-7-12/h3-7,13H,8-11H2,1H3/t13-,14?,15?/m0/s1. The first-order valence-electron chi connectivity index (χ1n) is 6.48. The largest absolute Gasteiger partial charge is 0.363 e. The third-order valence-electron chi connectivity index (χ3n) is 3.70. The molecule has 3 aliphatic rings. The van der Waals surface area contributed by atoms with Gasteiger partial charge in [0, 0.05) is 5.41 Å². The molecule has 0 aromatic heterocycles. The molecule has 4 rings (SSSR count). The summed E-state index contributed by atoms with van der Waals surface area (Å²) in [6, 6.07) is 9.44. The Bertz CT molecular complexity index is 469. The number of benzene rings is 1. The zero-order chi connectivity index (χ0) is 13.3. The summed E-state index contributed by atoms with van der Waals surface area (Å²) >= 11 is 0. The van der Waals surface area contributed by atoms with Crippen molar-refractivity contribution in [3.05, 3.63) is 47.3 Å². The maximum atomic E-state index is 7.42. The highest BCUT2D eigenvalue weighted by Crippen LogP contribution is 2.41. The first-order chi connectivity index (χ1) is 9.16. The van der Waals surface area contributed by atoms with E-state index in [0.29, 0.717) is 26.2 Å². The van der Waals surface area contributed by atoms with Crippen molar-refractivity contribution in [1.82, 2.24) is 0 Å². The molecule has 0 radical (unpaired) electrons. The minimum atomic E-state index is -1.17. The SMILES string of the molecule is [C-]#[N+][C@@H](Cc1ccccc1)C12OCC(C)(CO1)CO2. The Kier molecular flexibility index (Phi) is 3.06. The molecule has 3 aliphatic heterocycles. The second-order valence-corrected chi connectivity index (χ2v) is 5.61. The van der Waals surface area contributed by atoms with Crippen molar-refractivity contribution in [2.75, 3.05) is 19.8 Å². The lowest BCUT2D eigenvalue weighted by atomic mass is 9.90. The molecule has 4 heteroatoms. The Morgan fingerprint density at radius 2 is 1.74 bits per heavy atom. The Balaban J connectivity index is 1.78. The highest BCUT2D eigenvalue weighted by atomic mass is 16.9. The molecule has 3 heterocycles. The van der Waals surface area contributed by atoms with Crippen molar-refractivity contribution in [3.8, 4) is 0 Å². The molecule has 3 fully saturated rings. The lowest BCUT2D eigenvalue weighted by molar-refractivity contribution is -0.468. The Labute approximate surface area is 113 Å². The number of rotatable bonds is 3. The van der Waals surface area contributed by atoms with Gasteiger partial charge in [0.15, 0.2) is 0 Å². The van der Waals surface area contributed by atoms with Crippen molar-refractivity contribution < 1.29 is 14.2 Å². The summed E-state index contributed by atoms with van der Waals surface area (Å²) in [4.78, 5) is 3.67. The van der Waals surface area contributed by atoms with E-state index in [9.17, 15) is 0 Å². The molecule has 19 heavy (non-hydrogen) atoms. The summed E-state index contributed by atoms with van der Waals surface area (Å²) in [6.07, 6.45) is 0.570. The number of fused-ring (bicyclic) bond motifs is 3. The van der Waals surface area contributed by atoms with Gasteiger partial charge in [0.25, 0.3) is 0 Å². The maximum Gasteiger partial charge on any atom is 0.363 e. The fourth-order valence-corrected chi connectivity index (χ4v) is 2.45. The molecular formula is C15H17NO3. The molecule has 3 saturated heterocycles. The zero-order valence-electron chi connectivity index (χ0n) is 11.0. The van der Waals surface area contributed by atoms with Gasteiger partial charge in [-0.2, -0.15) is 0 Å². The van der Waals surface area contributed by atoms with Gasteiger partial charge in [0.05, 0.1) is 26.2 Å². The summed E-state index contributed by atoms with van der Waals surface area (Å²) in [7, 11) is 0. The fraction of sp³-hybridized carbons (Fsp3) is 0.533. The maximum absolute atomic E-state index is 7.42. The Morgan fingerprint density at radius 1 is 1.16 bits per heavy atom. The molecule has 1 aromatic carbocycles. The van der Waals surface area contributed by atoms with Gasteiger partial charge in [0.1, 0.15) is 0 Å². The smallest absolute Gasteiger partial charge is 0.320 e. The minimum Gasteiger partial charge on any atom is -0.320 e. The average Bonchev–Trinajstić information content (AvgIpc) is 2.47. The first-order valence-corrected chi connectivity index (χ1v) is 6.48. The van der Waals surface area contributed by atoms with Crippen molar-refractivity contribution in [3.63, 3.8) is 0 Å². The highest BCUT2D eigenvalue weighted by molar-refractivity contribution is 5.18. The molecule has 0 spiro atoms. The van der Waals surface area contributed by atoms with E-state index in [-0.39, 0.29) is 5.41 Å². The van der Waals surface area contributed by atoms with Crippen LogP contribution in [0.4, 0.5) is 0 Å². The van der Waals surface area contributed by atoms with Crippen LogP contribution in [0.5, 0.6) is 0 Å². The van der Waals surface area contributed by atoms with Crippen molar-refractivity contribution in [1.29, 1.82) is 0 Å². The molecule has 0 amide bonds. The number of hydrogen-bond acceptors (Lipinski definition) is 3. The van der Waals surface area contributed by atoms with Gasteiger partial charge in [-0.1, -0.05) is 37.3 Å². The molecule has 0 aliphatic carbocycles. The van der Waals surface area contributed by atoms with Gasteiger partial charge in [0.2, 0.25) is 0 Å². The average molecular weight is 259 g/mol. The van der Waals surface area contributed by atoms with Crippen molar-refractivity contribution >= 4 is 0 Å². The normalized spacial score (nSPS) is 34.7. The van der Waals surface area contributed by atoms with Crippen LogP contribution < -0.4 is 0 Å². The molecule has 0 N–H and O–H groups in total. The molecular weight excluding hydrogens is 242 g/mol. The van der Waals surface area contributed by atoms with E-state index >= 15 is 0 Å². The monoisotopic (exact) mass is 259 g/mol. The Hall–Kier alpha value is -1.41. The molecule has 2 bridgehead atoms. The lowest BCUT2D eigenvalue weighted by Gasteiger charge is -2.49. The summed E-state index contributed by atoms with van der Waals surface area (Å²) in [5, 5.41) is 0. The van der Waals surface area contributed by atoms with Crippen LogP contribution >= 0.6 is 0 Å². The second-order valence-electron chi connectivity index (χ2n) is 5.61. The van der Waals surface area contributed by atoms with Crippen LogP contribution in [0.2, 0.25) is 0 Å². The third-order valence-corrected chi connectivity index (χ3v) is 3.70. The third kappa shape index (κ3) is 2.25. The van der Waals surface area contributed by atoms with E-state index in [1.165, 1.54) is 0 Å². The topological polar surface area (TPSA) is 32.0 Å². The molecule has 1 aromatic rings. The van der Waals surface area contributed by atoms with Crippen LogP contribution in [0.15, 0.2) is 30.3 Å². The van der Waals surface area contributed by atoms with E-state index in [1.54, 1.807) is 0 Å². The summed E-state index contributed by atoms with van der Waals surface area (Å²) < 4.78 is 17.2. The van der Waals surface area contributed by atoms with Gasteiger partial charge in [-0.15, -0.1) is 0 Å². The van der Waals surface area contributed by atoms with Crippen LogP contribution in [0, 0.1) is 12.0 Å². The predicted octanol–water partition coefficient (Wildman–Crippen LogP) is 2.25. The zero-order valence-corrected chi connectivity index (χ0v) is 11.0. The molecule has 4 nitrogen and oxygen atoms in total. The lowest BCUT2D eigenvalue weighted by Crippen LogP contribution is -2.63. The van der Waals surface area contributed by atoms with Gasteiger partial charge >= 0.3 is 12.0 Å². The van der Waals surface area contributed by atoms with Gasteiger partial charge in [-0.05, 0) is 5.56 Å². The van der Waals surface area contributed by atoms with Crippen LogP contribution in [-0.4, -0.2) is 31.8 Å². The first kappa shape index (κ1) is 12.6. The number of hydrogen-bond donors (Lipinski definition) is 0. The van der Waals surface area contributed by atoms with Gasteiger partial charge < -0.3 is 19.1 Å². The minimum absolute atomic E-state index is 0.0684. The van der Waals surface area contributed by atoms with E-state index in [2.05, 4.69) is 11.8 Å². The van der Waals surface area contributed by atoms with Crippen LogP contribution in [0.3, 0.4) is 0 Å². The van der Waals surface area contributed by atoms with Crippen LogP contribution in [0.25, 0.3) is 4.85 Å². The van der Waals surface area contributed by atoms with E-state index in [0.717, 1.165) is 5.56 Å². The molecule has 100 valence electrons. The molecule has 1 atom stereocenters. The number of ether oxygens (including phenoxy) is 3. The van der Waals surface area contributed by atoms with Gasteiger partial charge in [-0.3, -0.25) is 0 Å². The van der Waals surface area contributed by atoms with Crippen molar-refractivity contribution in [2.45, 2.75) is 25.4 Å². The van der Waals surface area contributed by atoms with E-state index in [4.69, 9.17) is 20.8 Å². The molecule has 0 unspecified atom stereocenters. The van der Waals surface area contributed by atoms with E-state index < -0.39 is 12.0 Å². The van der Waals surface area contributed by atoms with Crippen molar-refractivity contribution in [2.24, 2.45) is 5.41 Å². The summed E-state index contributed by atoms with van der Waals surface area (Å²) in [6.45, 7) is 11.3. The summed E-state index contributed by atoms with van der Waals surface area (Å²) in [5.41, 5.74) is 1.02. The molecule has 0 saturated carbocycles. The van der Waals surface area contributed by atoms with E-state index in [1.807, 2.05) is 30.3 Å². The van der Waals surface area contributed by atoms with Crippen LogP contribution in [0.1, 0.15) is 12.5 Å². The second kappa shape index (κ2) is 4.61. The van der Waals surface area contributed by atoms with Crippen LogP contribution in [-0.2, 0) is 20.6 Å². The quantitative estimate of drug-likeness (QED) is 0.780. The highest BCUT2D eigenvalue weighted by Gasteiger charge is 2.58. The summed E-state index contributed by atoms with van der Waals surface area (Å²) in [5.74, 6) is -1.17. The number of nitrogens with zero attached hydrogens (tertiary/aromatic N) is 1. The predicted molar refractivity (Wildman–Crippen MR) is 69.2 cm³/mol. The Morgan fingerprint density at radius 3 is 2.26 bits per heavy atom.